The maximum Gasteiger partial charge on any atom is 0.332 e. The highest BCUT2D eigenvalue weighted by Crippen LogP contribution is 2.02. The molecule has 0 bridgehead atoms. The van der Waals surface area contributed by atoms with E-state index in [9.17, 15) is 14.7 Å². The zero-order valence-corrected chi connectivity index (χ0v) is 11.2. The molecule has 0 spiro atoms. The first kappa shape index (κ1) is 17.8. The molecule has 0 aliphatic rings. The lowest BCUT2D eigenvalue weighted by Gasteiger charge is -2.02. The summed E-state index contributed by atoms with van der Waals surface area (Å²) in [4.78, 5) is 20.3. The van der Waals surface area contributed by atoms with Crippen LogP contribution in [0.15, 0.2) is 23.8 Å². The van der Waals surface area contributed by atoms with Gasteiger partial charge in [-0.3, -0.25) is 0 Å². The van der Waals surface area contributed by atoms with Crippen molar-refractivity contribution >= 4 is 11.9 Å². The molecule has 0 aromatic heterocycles. The van der Waals surface area contributed by atoms with Gasteiger partial charge in [-0.15, -0.1) is 0 Å². The maximum atomic E-state index is 10.2. The molecule has 0 aliphatic carbocycles. The number of allylic oxidation sites excluding steroid dienone is 1. The molecular formula is C13H21O4-. The molecule has 0 aromatic rings. The van der Waals surface area contributed by atoms with Crippen LogP contribution in [0.2, 0.25) is 0 Å². The minimum Gasteiger partial charge on any atom is -0.545 e. The van der Waals surface area contributed by atoms with E-state index in [1.54, 1.807) is 19.9 Å². The highest BCUT2D eigenvalue weighted by molar-refractivity contribution is 5.86. The number of ether oxygens (including phenoxy) is 1. The smallest absolute Gasteiger partial charge is 0.332 e. The fourth-order valence-electron chi connectivity index (χ4n) is 0.670. The van der Waals surface area contributed by atoms with Crippen molar-refractivity contribution in [1.82, 2.24) is 0 Å². The summed E-state index contributed by atoms with van der Waals surface area (Å²) in [5.74, 6) is -0.907. The SMILES string of the molecule is C/C(=C\CC(C)C)C(=O)[O-].C=C(C)C(=O)OC. The van der Waals surface area contributed by atoms with Crippen molar-refractivity contribution in [3.63, 3.8) is 0 Å². The first-order valence-corrected chi connectivity index (χ1v) is 5.34. The lowest BCUT2D eigenvalue weighted by atomic mass is 10.1. The van der Waals surface area contributed by atoms with Gasteiger partial charge in [-0.25, -0.2) is 4.79 Å². The zero-order valence-electron chi connectivity index (χ0n) is 11.2. The Morgan fingerprint density at radius 3 is 2.00 bits per heavy atom. The Balaban J connectivity index is 0. The van der Waals surface area contributed by atoms with E-state index in [1.807, 2.05) is 13.8 Å². The van der Waals surface area contributed by atoms with Crippen molar-refractivity contribution in [2.45, 2.75) is 34.1 Å². The van der Waals surface area contributed by atoms with E-state index >= 15 is 0 Å². The quantitative estimate of drug-likeness (QED) is 0.552. The van der Waals surface area contributed by atoms with E-state index in [0.717, 1.165) is 6.42 Å². The molecule has 17 heavy (non-hydrogen) atoms. The van der Waals surface area contributed by atoms with Crippen LogP contribution in [-0.4, -0.2) is 19.0 Å². The van der Waals surface area contributed by atoms with Crippen molar-refractivity contribution in [2.75, 3.05) is 7.11 Å². The van der Waals surface area contributed by atoms with Gasteiger partial charge in [0.2, 0.25) is 0 Å². The molecule has 0 unspecified atom stereocenters. The minimum absolute atomic E-state index is 0.328. The Morgan fingerprint density at radius 2 is 1.82 bits per heavy atom. The second kappa shape index (κ2) is 9.63. The number of carboxylic acids is 1. The Morgan fingerprint density at radius 1 is 1.35 bits per heavy atom. The van der Waals surface area contributed by atoms with E-state index < -0.39 is 5.97 Å². The highest BCUT2D eigenvalue weighted by Gasteiger charge is 1.95. The van der Waals surface area contributed by atoms with Crippen LogP contribution < -0.4 is 5.11 Å². The third-order valence-electron chi connectivity index (χ3n) is 1.75. The number of esters is 1. The topological polar surface area (TPSA) is 66.4 Å². The van der Waals surface area contributed by atoms with Crippen molar-refractivity contribution in [2.24, 2.45) is 5.92 Å². The summed E-state index contributed by atoms with van der Waals surface area (Å²) in [5.41, 5.74) is 0.760. The van der Waals surface area contributed by atoms with Gasteiger partial charge in [-0.2, -0.15) is 0 Å². The number of carboxylic acid groups (broad SMARTS) is 1. The van der Waals surface area contributed by atoms with Crippen molar-refractivity contribution < 1.29 is 19.4 Å². The number of hydrogen-bond donors (Lipinski definition) is 0. The van der Waals surface area contributed by atoms with Crippen molar-refractivity contribution in [3.05, 3.63) is 23.8 Å². The molecule has 0 radical (unpaired) electrons. The van der Waals surface area contributed by atoms with E-state index in [2.05, 4.69) is 11.3 Å². The zero-order chi connectivity index (χ0) is 14.0. The molecule has 0 heterocycles. The summed E-state index contributed by atoms with van der Waals surface area (Å²) in [5, 5.41) is 10.1. The van der Waals surface area contributed by atoms with Gasteiger partial charge in [0.05, 0.1) is 13.1 Å². The summed E-state index contributed by atoms with van der Waals surface area (Å²) in [6, 6.07) is 0. The van der Waals surface area contributed by atoms with Gasteiger partial charge in [0.25, 0.3) is 0 Å². The third-order valence-corrected chi connectivity index (χ3v) is 1.75. The van der Waals surface area contributed by atoms with Crippen LogP contribution in [0.1, 0.15) is 34.1 Å². The fourth-order valence-corrected chi connectivity index (χ4v) is 0.670. The van der Waals surface area contributed by atoms with Gasteiger partial charge in [-0.05, 0) is 31.8 Å². The number of carbonyl (C=O) groups is 2. The predicted molar refractivity (Wildman–Crippen MR) is 65.0 cm³/mol. The van der Waals surface area contributed by atoms with Gasteiger partial charge < -0.3 is 14.6 Å². The van der Waals surface area contributed by atoms with Gasteiger partial charge in [0.15, 0.2) is 0 Å². The average molecular weight is 241 g/mol. The van der Waals surface area contributed by atoms with E-state index in [-0.39, 0.29) is 5.97 Å². The predicted octanol–water partition coefficient (Wildman–Crippen LogP) is 1.46. The van der Waals surface area contributed by atoms with Crippen LogP contribution in [-0.2, 0) is 14.3 Å². The van der Waals surface area contributed by atoms with Gasteiger partial charge in [0, 0.05) is 5.57 Å². The molecule has 4 nitrogen and oxygen atoms in total. The Labute approximate surface area is 103 Å². The number of methoxy groups -OCH3 is 1. The molecule has 0 aliphatic heterocycles. The minimum atomic E-state index is -1.07. The molecule has 0 atom stereocenters. The molecule has 98 valence electrons. The molecule has 0 saturated heterocycles. The van der Waals surface area contributed by atoms with Gasteiger partial charge >= 0.3 is 5.97 Å². The first-order valence-electron chi connectivity index (χ1n) is 5.34. The normalized spacial score (nSPS) is 10.4. The number of aliphatic carboxylic acids is 1. The summed E-state index contributed by atoms with van der Waals surface area (Å²) in [7, 11) is 1.33. The first-order chi connectivity index (χ1) is 7.72. The highest BCUT2D eigenvalue weighted by atomic mass is 16.5. The number of carbonyl (C=O) groups excluding carboxylic acids is 2. The van der Waals surface area contributed by atoms with E-state index in [1.165, 1.54) is 7.11 Å². The molecule has 0 amide bonds. The van der Waals surface area contributed by atoms with E-state index in [0.29, 0.717) is 17.1 Å². The average Bonchev–Trinajstić information content (AvgIpc) is 2.24. The summed E-state index contributed by atoms with van der Waals surface area (Å²) < 4.78 is 4.27. The lowest BCUT2D eigenvalue weighted by Crippen LogP contribution is -2.23. The summed E-state index contributed by atoms with van der Waals surface area (Å²) in [6.07, 6.45) is 2.50. The fraction of sp³-hybridized carbons (Fsp3) is 0.538. The van der Waals surface area contributed by atoms with Gasteiger partial charge in [-0.1, -0.05) is 26.5 Å². The number of hydrogen-bond acceptors (Lipinski definition) is 4. The number of rotatable bonds is 4. The van der Waals surface area contributed by atoms with Crippen molar-refractivity contribution in [3.8, 4) is 0 Å². The van der Waals surface area contributed by atoms with Crippen LogP contribution in [0.3, 0.4) is 0 Å². The Bertz CT molecular complexity index is 301. The Kier molecular flexibility index (Phi) is 10.1. The van der Waals surface area contributed by atoms with Gasteiger partial charge in [0.1, 0.15) is 0 Å². The van der Waals surface area contributed by atoms with Crippen LogP contribution >= 0.6 is 0 Å². The lowest BCUT2D eigenvalue weighted by molar-refractivity contribution is -0.299. The second-order valence-corrected chi connectivity index (χ2v) is 4.08. The standard InChI is InChI=1S/C8H14O2.C5H8O2/c1-6(2)4-5-7(3)8(9)10;1-4(2)5(6)7-3/h5-6H,4H2,1-3H3,(H,9,10);1H2,2-3H3/p-1/b7-5+;. The van der Waals surface area contributed by atoms with Crippen LogP contribution in [0, 0.1) is 5.92 Å². The largest absolute Gasteiger partial charge is 0.545 e. The molecule has 0 aromatic carbocycles. The molecule has 0 fully saturated rings. The monoisotopic (exact) mass is 241 g/mol. The molecular weight excluding hydrogens is 220 g/mol. The molecule has 0 N–H and O–H groups in total. The maximum absolute atomic E-state index is 10.2. The van der Waals surface area contributed by atoms with Crippen LogP contribution in [0.5, 0.6) is 0 Å². The summed E-state index contributed by atoms with van der Waals surface area (Å²) in [6.45, 7) is 10.6. The summed E-state index contributed by atoms with van der Waals surface area (Å²) >= 11 is 0. The molecule has 0 rings (SSSR count). The van der Waals surface area contributed by atoms with Crippen molar-refractivity contribution in [1.29, 1.82) is 0 Å². The molecule has 0 saturated carbocycles. The third kappa shape index (κ3) is 12.4. The Hall–Kier alpha value is -1.58. The van der Waals surface area contributed by atoms with Crippen LogP contribution in [0.25, 0.3) is 0 Å². The van der Waals surface area contributed by atoms with E-state index in [4.69, 9.17) is 0 Å². The van der Waals surface area contributed by atoms with Crippen LogP contribution in [0.4, 0.5) is 0 Å². The second-order valence-electron chi connectivity index (χ2n) is 4.08. The molecule has 4 heteroatoms.